The van der Waals surface area contributed by atoms with E-state index in [9.17, 15) is 18.0 Å². The third-order valence-corrected chi connectivity index (χ3v) is 7.83. The van der Waals surface area contributed by atoms with Crippen molar-refractivity contribution in [3.05, 3.63) is 51.2 Å². The number of benzene rings is 1. The number of ketones is 1. The largest absolute Gasteiger partial charge is 0.454 e. The maximum absolute atomic E-state index is 13.0. The predicted molar refractivity (Wildman–Crippen MR) is 112 cm³/mol. The van der Waals surface area contributed by atoms with E-state index in [1.54, 1.807) is 12.1 Å². The molecule has 0 unspecified atom stereocenters. The van der Waals surface area contributed by atoms with Crippen molar-refractivity contribution in [2.45, 2.75) is 25.2 Å². The summed E-state index contributed by atoms with van der Waals surface area (Å²) in [5.74, 6) is -0.564. The fourth-order valence-electron chi connectivity index (χ4n) is 3.48. The van der Waals surface area contributed by atoms with Gasteiger partial charge in [-0.2, -0.15) is 4.31 Å². The molecule has 0 bridgehead atoms. The zero-order valence-corrected chi connectivity index (χ0v) is 18.5. The number of sulfonamides is 1. The Morgan fingerprint density at radius 3 is 2.48 bits per heavy atom. The zero-order valence-electron chi connectivity index (χ0n) is 16.1. The minimum absolute atomic E-state index is 0.0459. The van der Waals surface area contributed by atoms with Gasteiger partial charge in [0.1, 0.15) is 0 Å². The summed E-state index contributed by atoms with van der Waals surface area (Å²) in [6.45, 7) is 4.54. The highest BCUT2D eigenvalue weighted by molar-refractivity contribution is 7.89. The Bertz CT molecular complexity index is 1010. The molecule has 156 valence electrons. The molecule has 3 rings (SSSR count). The normalized spacial score (nSPS) is 20.4. The molecule has 29 heavy (non-hydrogen) atoms. The summed E-state index contributed by atoms with van der Waals surface area (Å²) in [6.07, 6.45) is 0.988. The topological polar surface area (TPSA) is 80.8 Å². The lowest BCUT2D eigenvalue weighted by Crippen LogP contribution is -2.42. The van der Waals surface area contributed by atoms with E-state index in [-0.39, 0.29) is 28.1 Å². The van der Waals surface area contributed by atoms with Crippen LogP contribution < -0.4 is 0 Å². The van der Waals surface area contributed by atoms with E-state index < -0.39 is 22.6 Å². The van der Waals surface area contributed by atoms with Crippen LogP contribution in [0.4, 0.5) is 0 Å². The first kappa shape index (κ1) is 22.0. The van der Waals surface area contributed by atoms with Crippen LogP contribution in [0.5, 0.6) is 0 Å². The van der Waals surface area contributed by atoms with Crippen LogP contribution in [0.3, 0.4) is 0 Å². The van der Waals surface area contributed by atoms with E-state index in [0.29, 0.717) is 22.3 Å². The van der Waals surface area contributed by atoms with E-state index in [1.807, 2.05) is 13.8 Å². The summed E-state index contributed by atoms with van der Waals surface area (Å²) in [5.41, 5.74) is 0.0844. The monoisotopic (exact) mass is 455 g/mol. The molecule has 0 saturated carbocycles. The molecule has 1 saturated heterocycles. The highest BCUT2D eigenvalue weighted by atomic mass is 35.5. The van der Waals surface area contributed by atoms with Crippen LogP contribution in [-0.2, 0) is 14.8 Å². The molecule has 0 aliphatic carbocycles. The Labute approximate surface area is 179 Å². The van der Waals surface area contributed by atoms with Gasteiger partial charge in [0.15, 0.2) is 6.61 Å². The van der Waals surface area contributed by atoms with Gasteiger partial charge in [0.05, 0.1) is 19.7 Å². The molecule has 0 spiro atoms. The molecule has 2 heterocycles. The first-order valence-corrected chi connectivity index (χ1v) is 11.9. The number of hydrogen-bond acceptors (Lipinski definition) is 6. The fraction of sp³-hybridized carbons (Fsp3) is 0.400. The molecule has 2 atom stereocenters. The van der Waals surface area contributed by atoms with Crippen LogP contribution in [0.1, 0.15) is 40.3 Å². The van der Waals surface area contributed by atoms with Crippen molar-refractivity contribution in [2.75, 3.05) is 19.7 Å². The smallest absolute Gasteiger partial charge is 0.338 e. The average molecular weight is 456 g/mol. The van der Waals surface area contributed by atoms with Gasteiger partial charge in [-0.05, 0) is 48.6 Å². The number of piperidine rings is 1. The summed E-state index contributed by atoms with van der Waals surface area (Å²) in [7, 11) is -3.71. The van der Waals surface area contributed by atoms with E-state index in [4.69, 9.17) is 16.3 Å². The number of thiophene rings is 1. The molecule has 0 amide bonds. The standard InChI is InChI=1S/C20H22ClNO5S2/c1-13-8-14(2)11-22(10-13)29(25,26)16-5-3-4-15(9-16)20(24)27-12-17(23)18-6-7-19(21)28-18/h3-7,9,13-14H,8,10-12H2,1-2H3/t13-,14-/m1/s1. The maximum Gasteiger partial charge on any atom is 0.338 e. The minimum Gasteiger partial charge on any atom is -0.454 e. The number of nitrogens with zero attached hydrogens (tertiary/aromatic N) is 1. The van der Waals surface area contributed by atoms with Crippen LogP contribution in [0, 0.1) is 11.8 Å². The maximum atomic E-state index is 13.0. The second-order valence-corrected chi connectivity index (χ2v) is 11.1. The van der Waals surface area contributed by atoms with Crippen molar-refractivity contribution >= 4 is 44.7 Å². The van der Waals surface area contributed by atoms with E-state index >= 15 is 0 Å². The molecule has 0 N–H and O–H groups in total. The molecule has 1 aromatic carbocycles. The molecular formula is C20H22ClNO5S2. The van der Waals surface area contributed by atoms with E-state index in [2.05, 4.69) is 0 Å². The van der Waals surface area contributed by atoms with Gasteiger partial charge in [0.25, 0.3) is 0 Å². The Kier molecular flexibility index (Phi) is 6.78. The molecule has 1 aliphatic rings. The van der Waals surface area contributed by atoms with Crippen LogP contribution in [0.15, 0.2) is 41.3 Å². The highest BCUT2D eigenvalue weighted by Crippen LogP contribution is 2.27. The summed E-state index contributed by atoms with van der Waals surface area (Å²) in [5, 5.41) is 0. The van der Waals surface area contributed by atoms with Crippen molar-refractivity contribution in [3.8, 4) is 0 Å². The quantitative estimate of drug-likeness (QED) is 0.483. The SMILES string of the molecule is C[C@@H]1C[C@@H](C)CN(S(=O)(=O)c2cccc(C(=O)OCC(=O)c3ccc(Cl)s3)c2)C1. The highest BCUT2D eigenvalue weighted by Gasteiger charge is 2.32. The van der Waals surface area contributed by atoms with Crippen molar-refractivity contribution < 1.29 is 22.7 Å². The lowest BCUT2D eigenvalue weighted by Gasteiger charge is -2.34. The number of carbonyl (C=O) groups is 2. The van der Waals surface area contributed by atoms with Crippen molar-refractivity contribution in [3.63, 3.8) is 0 Å². The van der Waals surface area contributed by atoms with Gasteiger partial charge in [-0.3, -0.25) is 4.79 Å². The molecular weight excluding hydrogens is 434 g/mol. The van der Waals surface area contributed by atoms with Crippen LogP contribution in [-0.4, -0.2) is 44.2 Å². The van der Waals surface area contributed by atoms with Crippen LogP contribution in [0.25, 0.3) is 0 Å². The van der Waals surface area contributed by atoms with Gasteiger partial charge in [-0.15, -0.1) is 11.3 Å². The number of halogens is 1. The van der Waals surface area contributed by atoms with Gasteiger partial charge in [0.2, 0.25) is 15.8 Å². The van der Waals surface area contributed by atoms with Gasteiger partial charge in [0, 0.05) is 13.1 Å². The van der Waals surface area contributed by atoms with Crippen molar-refractivity contribution in [1.82, 2.24) is 4.31 Å². The lowest BCUT2D eigenvalue weighted by atomic mass is 9.94. The first-order chi connectivity index (χ1) is 13.7. The molecule has 6 nitrogen and oxygen atoms in total. The van der Waals surface area contributed by atoms with E-state index in [0.717, 1.165) is 17.8 Å². The van der Waals surface area contributed by atoms with Gasteiger partial charge < -0.3 is 4.74 Å². The molecule has 1 aromatic heterocycles. The predicted octanol–water partition coefficient (Wildman–Crippen LogP) is 4.11. The Balaban J connectivity index is 1.71. The lowest BCUT2D eigenvalue weighted by molar-refractivity contribution is 0.0475. The second-order valence-electron chi connectivity index (χ2n) is 7.40. The second kappa shape index (κ2) is 8.95. The molecule has 1 fully saturated rings. The number of hydrogen-bond donors (Lipinski definition) is 0. The van der Waals surface area contributed by atoms with Gasteiger partial charge in [-0.25, -0.2) is 13.2 Å². The number of esters is 1. The number of ether oxygens (including phenoxy) is 1. The molecule has 2 aromatic rings. The molecule has 0 radical (unpaired) electrons. The Hall–Kier alpha value is -1.74. The van der Waals surface area contributed by atoms with Crippen LogP contribution >= 0.6 is 22.9 Å². The van der Waals surface area contributed by atoms with Gasteiger partial charge >= 0.3 is 5.97 Å². The minimum atomic E-state index is -3.71. The zero-order chi connectivity index (χ0) is 21.2. The van der Waals surface area contributed by atoms with Crippen molar-refractivity contribution in [2.24, 2.45) is 11.8 Å². The third-order valence-electron chi connectivity index (χ3n) is 4.73. The van der Waals surface area contributed by atoms with E-state index in [1.165, 1.54) is 28.6 Å². The van der Waals surface area contributed by atoms with Crippen molar-refractivity contribution in [1.29, 1.82) is 0 Å². The summed E-state index contributed by atoms with van der Waals surface area (Å²) in [4.78, 5) is 24.8. The Morgan fingerprint density at radius 2 is 1.86 bits per heavy atom. The summed E-state index contributed by atoms with van der Waals surface area (Å²) < 4.78 is 33.0. The first-order valence-electron chi connectivity index (χ1n) is 9.22. The summed E-state index contributed by atoms with van der Waals surface area (Å²) in [6, 6.07) is 8.90. The fourth-order valence-corrected chi connectivity index (χ4v) is 6.18. The third kappa shape index (κ3) is 5.25. The summed E-state index contributed by atoms with van der Waals surface area (Å²) >= 11 is 6.91. The molecule has 9 heteroatoms. The number of Topliss-reactive ketones (excluding diaryl/α,β-unsaturated/α-hetero) is 1. The number of rotatable bonds is 6. The van der Waals surface area contributed by atoms with Crippen LogP contribution in [0.2, 0.25) is 4.34 Å². The van der Waals surface area contributed by atoms with Gasteiger partial charge in [-0.1, -0.05) is 31.5 Å². The Morgan fingerprint density at radius 1 is 1.17 bits per heavy atom. The number of carbonyl (C=O) groups excluding carboxylic acids is 2. The molecule has 1 aliphatic heterocycles. The average Bonchev–Trinajstić information content (AvgIpc) is 3.11.